The van der Waals surface area contributed by atoms with Crippen LogP contribution in [0.5, 0.6) is 0 Å². The van der Waals surface area contributed by atoms with Gasteiger partial charge in [-0.15, -0.1) is 0 Å². The van der Waals surface area contributed by atoms with Crippen molar-refractivity contribution in [3.63, 3.8) is 0 Å². The maximum atomic E-state index is 3.95. The van der Waals surface area contributed by atoms with E-state index in [1.807, 2.05) is 0 Å². The van der Waals surface area contributed by atoms with Gasteiger partial charge in [0.2, 0.25) is 0 Å². The number of benzene rings is 1. The lowest BCUT2D eigenvalue weighted by atomic mass is 9.81. The van der Waals surface area contributed by atoms with Crippen molar-refractivity contribution in [1.29, 1.82) is 0 Å². The van der Waals surface area contributed by atoms with Gasteiger partial charge in [-0.2, -0.15) is 0 Å². The molecule has 1 aromatic rings. The second-order valence-electron chi connectivity index (χ2n) is 7.76. The predicted molar refractivity (Wildman–Crippen MR) is 89.4 cm³/mol. The molecule has 21 heavy (non-hydrogen) atoms. The molecule has 116 valence electrons. The predicted octanol–water partition coefficient (Wildman–Crippen LogP) is 3.78. The largest absolute Gasteiger partial charge is 0.308 e. The fourth-order valence-corrected chi connectivity index (χ4v) is 4.24. The van der Waals surface area contributed by atoms with Crippen LogP contribution in [0.4, 0.5) is 0 Å². The van der Waals surface area contributed by atoms with Crippen LogP contribution in [0.25, 0.3) is 0 Å². The number of piperazine rings is 1. The number of nitrogens with zero attached hydrogens (tertiary/aromatic N) is 1. The Morgan fingerprint density at radius 2 is 1.81 bits per heavy atom. The number of nitrogens with one attached hydrogen (secondary N) is 1. The minimum atomic E-state index is 0.124. The summed E-state index contributed by atoms with van der Waals surface area (Å²) in [7, 11) is 0. The molecule has 1 saturated carbocycles. The van der Waals surface area contributed by atoms with E-state index in [2.05, 4.69) is 61.3 Å². The first kappa shape index (κ1) is 15.1. The smallest absolute Gasteiger partial charge is 0.0558 e. The summed E-state index contributed by atoms with van der Waals surface area (Å²) in [5, 5.41) is 3.95. The summed E-state index contributed by atoms with van der Waals surface area (Å²) in [6, 6.07) is 11.1. The molecule has 2 fully saturated rings. The minimum Gasteiger partial charge on any atom is -0.308 e. The lowest BCUT2D eigenvalue weighted by Crippen LogP contribution is -2.67. The number of hydrogen-bond acceptors (Lipinski definition) is 2. The topological polar surface area (TPSA) is 15.3 Å². The summed E-state index contributed by atoms with van der Waals surface area (Å²) < 4.78 is 0. The van der Waals surface area contributed by atoms with Crippen molar-refractivity contribution in [2.75, 3.05) is 19.6 Å². The Bertz CT molecular complexity index is 462. The van der Waals surface area contributed by atoms with Gasteiger partial charge in [-0.1, -0.05) is 57.0 Å². The highest BCUT2D eigenvalue weighted by Crippen LogP contribution is 2.39. The summed E-state index contributed by atoms with van der Waals surface area (Å²) in [5.41, 5.74) is 1.97. The van der Waals surface area contributed by atoms with Crippen molar-refractivity contribution in [2.45, 2.75) is 57.5 Å². The van der Waals surface area contributed by atoms with Crippen LogP contribution in [-0.2, 0) is 5.54 Å². The molecule has 1 atom stereocenters. The first-order valence-electron chi connectivity index (χ1n) is 8.60. The Balaban J connectivity index is 1.88. The minimum absolute atomic E-state index is 0.124. The van der Waals surface area contributed by atoms with Crippen LogP contribution in [0.3, 0.4) is 0 Å². The van der Waals surface area contributed by atoms with Crippen LogP contribution in [-0.4, -0.2) is 30.1 Å². The number of hydrogen-bond donors (Lipinski definition) is 1. The monoisotopic (exact) mass is 286 g/mol. The Kier molecular flexibility index (Phi) is 4.11. The molecule has 0 aromatic heterocycles. The number of rotatable bonds is 3. The molecule has 1 aromatic carbocycles. The maximum Gasteiger partial charge on any atom is 0.0558 e. The van der Waals surface area contributed by atoms with Gasteiger partial charge in [0.05, 0.1) is 5.54 Å². The summed E-state index contributed by atoms with van der Waals surface area (Å²) in [6.45, 7) is 10.6. The van der Waals surface area contributed by atoms with Crippen molar-refractivity contribution in [3.8, 4) is 0 Å². The van der Waals surface area contributed by atoms with E-state index in [-0.39, 0.29) is 5.54 Å². The van der Waals surface area contributed by atoms with E-state index in [1.54, 1.807) is 0 Å². The Labute approximate surface area is 129 Å². The van der Waals surface area contributed by atoms with Crippen LogP contribution in [0, 0.1) is 5.92 Å². The van der Waals surface area contributed by atoms with Crippen LogP contribution in [0.2, 0.25) is 0 Å². The Morgan fingerprint density at radius 3 is 2.43 bits per heavy atom. The lowest BCUT2D eigenvalue weighted by molar-refractivity contribution is 0.00562. The van der Waals surface area contributed by atoms with E-state index in [0.29, 0.717) is 11.5 Å². The van der Waals surface area contributed by atoms with Gasteiger partial charge in [0.25, 0.3) is 0 Å². The molecule has 2 aliphatic rings. The van der Waals surface area contributed by atoms with Crippen LogP contribution in [0.15, 0.2) is 30.3 Å². The first-order valence-corrected chi connectivity index (χ1v) is 8.60. The highest BCUT2D eigenvalue weighted by atomic mass is 15.3. The average Bonchev–Trinajstić information content (AvgIpc) is 2.92. The summed E-state index contributed by atoms with van der Waals surface area (Å²) in [5.74, 6) is 0.713. The average molecular weight is 286 g/mol. The SMILES string of the molecule is CC(C)CN1CC2(CCCC2)NCC1(C)c1ccccc1. The van der Waals surface area contributed by atoms with Gasteiger partial charge in [-0.3, -0.25) is 4.90 Å². The highest BCUT2D eigenvalue weighted by Gasteiger charge is 2.46. The Morgan fingerprint density at radius 1 is 1.14 bits per heavy atom. The van der Waals surface area contributed by atoms with E-state index in [0.717, 1.165) is 6.54 Å². The molecule has 1 N–H and O–H groups in total. The molecule has 1 unspecified atom stereocenters. The fraction of sp³-hybridized carbons (Fsp3) is 0.684. The van der Waals surface area contributed by atoms with Gasteiger partial charge in [0.15, 0.2) is 0 Å². The zero-order valence-electron chi connectivity index (χ0n) is 13.9. The molecule has 1 aliphatic carbocycles. The van der Waals surface area contributed by atoms with Crippen molar-refractivity contribution >= 4 is 0 Å². The molecule has 1 spiro atoms. The zero-order valence-corrected chi connectivity index (χ0v) is 13.9. The van der Waals surface area contributed by atoms with Gasteiger partial charge in [0.1, 0.15) is 0 Å². The molecule has 1 heterocycles. The standard InChI is InChI=1S/C19H30N2/c1-16(2)13-21-15-19(11-7-8-12-19)20-14-18(21,3)17-9-5-4-6-10-17/h4-6,9-10,16,20H,7-8,11-15H2,1-3H3. The van der Waals surface area contributed by atoms with Crippen molar-refractivity contribution in [3.05, 3.63) is 35.9 Å². The van der Waals surface area contributed by atoms with Crippen molar-refractivity contribution in [2.24, 2.45) is 5.92 Å². The molecule has 0 amide bonds. The van der Waals surface area contributed by atoms with Crippen LogP contribution < -0.4 is 5.32 Å². The maximum absolute atomic E-state index is 3.95. The van der Waals surface area contributed by atoms with Gasteiger partial charge in [0, 0.05) is 25.2 Å². The van der Waals surface area contributed by atoms with Crippen molar-refractivity contribution < 1.29 is 0 Å². The summed E-state index contributed by atoms with van der Waals surface area (Å²) in [4.78, 5) is 2.76. The second-order valence-corrected chi connectivity index (χ2v) is 7.76. The molecule has 1 saturated heterocycles. The van der Waals surface area contributed by atoms with E-state index in [1.165, 1.54) is 44.3 Å². The third-order valence-corrected chi connectivity index (χ3v) is 5.54. The molecule has 0 bridgehead atoms. The first-order chi connectivity index (χ1) is 10.0. The third kappa shape index (κ3) is 2.89. The van der Waals surface area contributed by atoms with Crippen LogP contribution >= 0.6 is 0 Å². The van der Waals surface area contributed by atoms with E-state index in [9.17, 15) is 0 Å². The molecule has 2 nitrogen and oxygen atoms in total. The van der Waals surface area contributed by atoms with Gasteiger partial charge >= 0.3 is 0 Å². The summed E-state index contributed by atoms with van der Waals surface area (Å²) >= 11 is 0. The van der Waals surface area contributed by atoms with Gasteiger partial charge in [-0.05, 0) is 31.2 Å². The molecular weight excluding hydrogens is 256 g/mol. The lowest BCUT2D eigenvalue weighted by Gasteiger charge is -2.53. The molecule has 3 rings (SSSR count). The van der Waals surface area contributed by atoms with Gasteiger partial charge in [-0.25, -0.2) is 0 Å². The van der Waals surface area contributed by atoms with E-state index < -0.39 is 0 Å². The molecular formula is C19H30N2. The summed E-state index contributed by atoms with van der Waals surface area (Å²) in [6.07, 6.45) is 5.49. The molecule has 1 aliphatic heterocycles. The molecule has 2 heteroatoms. The van der Waals surface area contributed by atoms with E-state index in [4.69, 9.17) is 0 Å². The second kappa shape index (κ2) is 5.73. The van der Waals surface area contributed by atoms with E-state index >= 15 is 0 Å². The van der Waals surface area contributed by atoms with Crippen molar-refractivity contribution in [1.82, 2.24) is 10.2 Å². The highest BCUT2D eigenvalue weighted by molar-refractivity contribution is 5.26. The van der Waals surface area contributed by atoms with Gasteiger partial charge < -0.3 is 5.32 Å². The Hall–Kier alpha value is -0.860. The van der Waals surface area contributed by atoms with Crippen LogP contribution in [0.1, 0.15) is 52.0 Å². The quantitative estimate of drug-likeness (QED) is 0.910. The third-order valence-electron chi connectivity index (χ3n) is 5.54. The normalized spacial score (nSPS) is 29.3. The molecule has 0 radical (unpaired) electrons. The zero-order chi connectivity index (χ0) is 14.9. The fourth-order valence-electron chi connectivity index (χ4n) is 4.24.